The quantitative estimate of drug-likeness (QED) is 0.541. The number of ether oxygens (including phenoxy) is 1. The van der Waals surface area contributed by atoms with E-state index in [4.69, 9.17) is 10.6 Å². The summed E-state index contributed by atoms with van der Waals surface area (Å²) >= 11 is 0. The predicted molar refractivity (Wildman–Crippen MR) is 61.3 cm³/mol. The summed E-state index contributed by atoms with van der Waals surface area (Å²) in [6.07, 6.45) is 10.8. The average Bonchev–Trinajstić information content (AvgIpc) is 2.23. The zero-order valence-electron chi connectivity index (χ0n) is 9.58. The maximum absolute atomic E-state index is 5.75. The molecule has 2 atom stereocenters. The molecule has 3 N–H and O–H groups in total. The molecule has 1 heterocycles. The molecule has 0 radical (unpaired) electrons. The molecule has 0 aromatic carbocycles. The van der Waals surface area contributed by atoms with Crippen LogP contribution in [0.5, 0.6) is 0 Å². The maximum atomic E-state index is 5.75. The minimum Gasteiger partial charge on any atom is -0.378 e. The van der Waals surface area contributed by atoms with E-state index in [-0.39, 0.29) is 0 Å². The van der Waals surface area contributed by atoms with Crippen molar-refractivity contribution in [1.82, 2.24) is 5.43 Å². The van der Waals surface area contributed by atoms with Gasteiger partial charge in [-0.25, -0.2) is 0 Å². The van der Waals surface area contributed by atoms with E-state index < -0.39 is 0 Å². The Hall–Kier alpha value is -0.120. The number of nitrogens with two attached hydrogens (primary N) is 1. The van der Waals surface area contributed by atoms with Crippen LogP contribution in [0, 0.1) is 5.92 Å². The van der Waals surface area contributed by atoms with Crippen molar-refractivity contribution in [2.75, 3.05) is 6.61 Å². The summed E-state index contributed by atoms with van der Waals surface area (Å²) in [6.45, 7) is 0.950. The van der Waals surface area contributed by atoms with Gasteiger partial charge in [0, 0.05) is 12.6 Å². The summed E-state index contributed by atoms with van der Waals surface area (Å²) in [5.41, 5.74) is 2.97. The highest BCUT2D eigenvalue weighted by Gasteiger charge is 2.24. The first-order valence-electron chi connectivity index (χ1n) is 6.46. The van der Waals surface area contributed by atoms with Gasteiger partial charge in [-0.2, -0.15) is 0 Å². The Labute approximate surface area is 92.7 Å². The second-order valence-corrected chi connectivity index (χ2v) is 5.12. The summed E-state index contributed by atoms with van der Waals surface area (Å²) < 4.78 is 5.75. The number of hydrogen-bond acceptors (Lipinski definition) is 3. The molecule has 2 unspecified atom stereocenters. The van der Waals surface area contributed by atoms with E-state index in [1.54, 1.807) is 0 Å². The molecule has 3 heteroatoms. The van der Waals surface area contributed by atoms with E-state index in [1.165, 1.54) is 44.9 Å². The van der Waals surface area contributed by atoms with Crippen LogP contribution in [0.15, 0.2) is 0 Å². The van der Waals surface area contributed by atoms with Crippen molar-refractivity contribution in [2.45, 2.75) is 63.5 Å². The van der Waals surface area contributed by atoms with Crippen molar-refractivity contribution < 1.29 is 4.74 Å². The summed E-state index contributed by atoms with van der Waals surface area (Å²) in [6, 6.07) is 0.471. The molecule has 3 nitrogen and oxygen atoms in total. The summed E-state index contributed by atoms with van der Waals surface area (Å²) in [5, 5.41) is 0. The van der Waals surface area contributed by atoms with Gasteiger partial charge in [0.2, 0.25) is 0 Å². The number of rotatable bonds is 5. The summed E-state index contributed by atoms with van der Waals surface area (Å²) in [4.78, 5) is 0. The Morgan fingerprint density at radius 1 is 1.13 bits per heavy atom. The van der Waals surface area contributed by atoms with Gasteiger partial charge in [0.1, 0.15) is 0 Å². The topological polar surface area (TPSA) is 47.3 Å². The first-order chi connectivity index (χ1) is 7.38. The molecule has 1 saturated carbocycles. The third-order valence-electron chi connectivity index (χ3n) is 3.90. The largest absolute Gasteiger partial charge is 0.378 e. The smallest absolute Gasteiger partial charge is 0.0590 e. The molecule has 2 fully saturated rings. The van der Waals surface area contributed by atoms with E-state index in [9.17, 15) is 0 Å². The van der Waals surface area contributed by atoms with Gasteiger partial charge in [0.25, 0.3) is 0 Å². The standard InChI is InChI=1S/C12H24N2O/c13-14-11(8-10-4-3-5-10)9-12-6-1-2-7-15-12/h10-12,14H,1-9,13H2. The highest BCUT2D eigenvalue weighted by atomic mass is 16.5. The van der Waals surface area contributed by atoms with Crippen LogP contribution >= 0.6 is 0 Å². The zero-order chi connectivity index (χ0) is 10.5. The fraction of sp³-hybridized carbons (Fsp3) is 1.00. The highest BCUT2D eigenvalue weighted by Crippen LogP contribution is 2.31. The van der Waals surface area contributed by atoms with Crippen LogP contribution in [-0.4, -0.2) is 18.8 Å². The normalized spacial score (nSPS) is 29.8. The van der Waals surface area contributed by atoms with Crippen LogP contribution in [-0.2, 0) is 4.74 Å². The first kappa shape index (κ1) is 11.4. The molecule has 88 valence electrons. The summed E-state index contributed by atoms with van der Waals surface area (Å²) in [5.74, 6) is 6.54. The number of nitrogens with one attached hydrogen (secondary N) is 1. The van der Waals surface area contributed by atoms with Crippen molar-refractivity contribution in [3.05, 3.63) is 0 Å². The lowest BCUT2D eigenvalue weighted by molar-refractivity contribution is 0.00281. The monoisotopic (exact) mass is 212 g/mol. The molecular weight excluding hydrogens is 188 g/mol. The van der Waals surface area contributed by atoms with Crippen molar-refractivity contribution in [3.63, 3.8) is 0 Å². The predicted octanol–water partition coefficient (Wildman–Crippen LogP) is 1.97. The minimum absolute atomic E-state index is 0.458. The third kappa shape index (κ3) is 3.44. The first-order valence-corrected chi connectivity index (χ1v) is 6.46. The Morgan fingerprint density at radius 2 is 2.00 bits per heavy atom. The van der Waals surface area contributed by atoms with E-state index in [2.05, 4.69) is 5.43 Å². The van der Waals surface area contributed by atoms with Gasteiger partial charge in [-0.15, -0.1) is 0 Å². The van der Waals surface area contributed by atoms with E-state index >= 15 is 0 Å². The minimum atomic E-state index is 0.458. The fourth-order valence-electron chi connectivity index (χ4n) is 2.67. The Morgan fingerprint density at radius 3 is 2.53 bits per heavy atom. The van der Waals surface area contributed by atoms with Gasteiger partial charge in [-0.3, -0.25) is 11.3 Å². The fourth-order valence-corrected chi connectivity index (χ4v) is 2.67. The Kier molecular flexibility index (Phi) is 4.42. The molecule has 1 aliphatic carbocycles. The van der Waals surface area contributed by atoms with E-state index in [0.29, 0.717) is 12.1 Å². The third-order valence-corrected chi connectivity index (χ3v) is 3.90. The van der Waals surface area contributed by atoms with Crippen LogP contribution in [0.25, 0.3) is 0 Å². The number of hydrogen-bond donors (Lipinski definition) is 2. The van der Waals surface area contributed by atoms with Crippen LogP contribution in [0.4, 0.5) is 0 Å². The van der Waals surface area contributed by atoms with E-state index in [1.807, 2.05) is 0 Å². The highest BCUT2D eigenvalue weighted by molar-refractivity contribution is 4.79. The van der Waals surface area contributed by atoms with Gasteiger partial charge in [-0.1, -0.05) is 19.3 Å². The second kappa shape index (κ2) is 5.83. The van der Waals surface area contributed by atoms with Crippen molar-refractivity contribution in [1.29, 1.82) is 0 Å². The number of hydrazine groups is 1. The molecule has 0 aromatic rings. The molecule has 1 aliphatic heterocycles. The van der Waals surface area contributed by atoms with Crippen LogP contribution < -0.4 is 11.3 Å². The molecule has 0 spiro atoms. The van der Waals surface area contributed by atoms with Gasteiger partial charge >= 0.3 is 0 Å². The second-order valence-electron chi connectivity index (χ2n) is 5.12. The van der Waals surface area contributed by atoms with Gasteiger partial charge in [0.15, 0.2) is 0 Å². The molecule has 0 amide bonds. The van der Waals surface area contributed by atoms with Crippen LogP contribution in [0.1, 0.15) is 51.4 Å². The summed E-state index contributed by atoms with van der Waals surface area (Å²) in [7, 11) is 0. The average molecular weight is 212 g/mol. The maximum Gasteiger partial charge on any atom is 0.0590 e. The molecule has 1 saturated heterocycles. The van der Waals surface area contributed by atoms with Gasteiger partial charge < -0.3 is 4.74 Å². The molecule has 0 aromatic heterocycles. The van der Waals surface area contributed by atoms with E-state index in [0.717, 1.165) is 18.9 Å². The zero-order valence-corrected chi connectivity index (χ0v) is 9.58. The molecule has 15 heavy (non-hydrogen) atoms. The SMILES string of the molecule is NNC(CC1CCC1)CC1CCCCO1. The van der Waals surface area contributed by atoms with Crippen molar-refractivity contribution >= 4 is 0 Å². The Balaban J connectivity index is 1.68. The Bertz CT molecular complexity index is 176. The van der Waals surface area contributed by atoms with Crippen LogP contribution in [0.2, 0.25) is 0 Å². The molecule has 2 aliphatic rings. The van der Waals surface area contributed by atoms with Gasteiger partial charge in [0.05, 0.1) is 6.10 Å². The molecule has 2 rings (SSSR count). The molecule has 0 bridgehead atoms. The van der Waals surface area contributed by atoms with Crippen molar-refractivity contribution in [3.8, 4) is 0 Å². The lowest BCUT2D eigenvalue weighted by Crippen LogP contribution is -2.41. The van der Waals surface area contributed by atoms with Gasteiger partial charge in [-0.05, 0) is 38.0 Å². The van der Waals surface area contributed by atoms with Crippen molar-refractivity contribution in [2.24, 2.45) is 11.8 Å². The molecular formula is C12H24N2O. The lowest BCUT2D eigenvalue weighted by atomic mass is 9.80. The lowest BCUT2D eigenvalue weighted by Gasteiger charge is -2.32. The van der Waals surface area contributed by atoms with Crippen LogP contribution in [0.3, 0.4) is 0 Å².